The van der Waals surface area contributed by atoms with E-state index in [0.717, 1.165) is 12.8 Å². The standard InChI is InChI=1S/C11H20N2O4S/c1-9-2-5-12(6-3-9)18(16,17)13-7-4-10(8-13)11(14)15/h9-10H,2-8H2,1H3,(H,14,15). The van der Waals surface area contributed by atoms with Crippen LogP contribution in [0.4, 0.5) is 0 Å². The Kier molecular flexibility index (Phi) is 3.93. The molecular formula is C11H20N2O4S. The molecule has 0 spiro atoms. The van der Waals surface area contributed by atoms with E-state index in [-0.39, 0.29) is 6.54 Å². The predicted octanol–water partition coefficient (Wildman–Crippen LogP) is 0.370. The van der Waals surface area contributed by atoms with Crippen LogP contribution in [-0.2, 0) is 15.0 Å². The van der Waals surface area contributed by atoms with Gasteiger partial charge in [0.1, 0.15) is 0 Å². The van der Waals surface area contributed by atoms with Crippen LogP contribution in [-0.4, -0.2) is 54.3 Å². The summed E-state index contributed by atoms with van der Waals surface area (Å²) in [6.45, 7) is 3.67. The zero-order valence-corrected chi connectivity index (χ0v) is 11.4. The van der Waals surface area contributed by atoms with Crippen molar-refractivity contribution in [3.8, 4) is 0 Å². The van der Waals surface area contributed by atoms with Crippen molar-refractivity contribution in [3.63, 3.8) is 0 Å². The van der Waals surface area contributed by atoms with Crippen LogP contribution in [0.25, 0.3) is 0 Å². The van der Waals surface area contributed by atoms with E-state index < -0.39 is 22.1 Å². The number of carboxylic acid groups (broad SMARTS) is 1. The maximum atomic E-state index is 12.3. The third-order valence-electron chi connectivity index (χ3n) is 3.90. The average molecular weight is 276 g/mol. The normalized spacial score (nSPS) is 28.6. The van der Waals surface area contributed by atoms with Crippen LogP contribution in [0.2, 0.25) is 0 Å². The molecule has 0 bridgehead atoms. The van der Waals surface area contributed by atoms with Gasteiger partial charge in [-0.2, -0.15) is 17.0 Å². The number of carboxylic acids is 1. The maximum absolute atomic E-state index is 12.3. The van der Waals surface area contributed by atoms with Crippen LogP contribution in [0, 0.1) is 11.8 Å². The summed E-state index contributed by atoms with van der Waals surface area (Å²) in [5.74, 6) is -0.884. The molecule has 2 fully saturated rings. The van der Waals surface area contributed by atoms with Gasteiger partial charge in [-0.05, 0) is 25.2 Å². The first-order valence-electron chi connectivity index (χ1n) is 6.39. The van der Waals surface area contributed by atoms with Crippen molar-refractivity contribution in [1.29, 1.82) is 0 Å². The van der Waals surface area contributed by atoms with Crippen LogP contribution in [0.1, 0.15) is 26.2 Å². The monoisotopic (exact) mass is 276 g/mol. The smallest absolute Gasteiger partial charge is 0.307 e. The van der Waals surface area contributed by atoms with Crippen LogP contribution in [0.3, 0.4) is 0 Å². The van der Waals surface area contributed by atoms with Gasteiger partial charge in [-0.15, -0.1) is 0 Å². The number of hydrogen-bond acceptors (Lipinski definition) is 3. The Bertz CT molecular complexity index is 415. The summed E-state index contributed by atoms with van der Waals surface area (Å²) in [4.78, 5) is 10.9. The predicted molar refractivity (Wildman–Crippen MR) is 66.2 cm³/mol. The minimum Gasteiger partial charge on any atom is -0.481 e. The summed E-state index contributed by atoms with van der Waals surface area (Å²) in [6.07, 6.45) is 2.18. The number of carbonyl (C=O) groups is 1. The molecule has 0 aromatic rings. The van der Waals surface area contributed by atoms with E-state index in [1.807, 2.05) is 0 Å². The number of nitrogens with zero attached hydrogens (tertiary/aromatic N) is 2. The van der Waals surface area contributed by atoms with Crippen molar-refractivity contribution in [1.82, 2.24) is 8.61 Å². The van der Waals surface area contributed by atoms with Gasteiger partial charge in [0, 0.05) is 26.2 Å². The quantitative estimate of drug-likeness (QED) is 0.808. The van der Waals surface area contributed by atoms with Gasteiger partial charge in [-0.1, -0.05) is 6.92 Å². The van der Waals surface area contributed by atoms with Gasteiger partial charge in [0.2, 0.25) is 0 Å². The Hall–Kier alpha value is -0.660. The molecule has 104 valence electrons. The van der Waals surface area contributed by atoms with Gasteiger partial charge in [0.15, 0.2) is 0 Å². The average Bonchev–Trinajstić information content (AvgIpc) is 2.79. The molecule has 0 aliphatic carbocycles. The number of rotatable bonds is 3. The van der Waals surface area contributed by atoms with Crippen molar-refractivity contribution in [2.75, 3.05) is 26.2 Å². The lowest BCUT2D eigenvalue weighted by atomic mass is 10.0. The third-order valence-corrected chi connectivity index (χ3v) is 5.90. The summed E-state index contributed by atoms with van der Waals surface area (Å²) in [5, 5.41) is 8.91. The van der Waals surface area contributed by atoms with Crippen molar-refractivity contribution in [2.45, 2.75) is 26.2 Å². The van der Waals surface area contributed by atoms with Crippen LogP contribution in [0.15, 0.2) is 0 Å². The number of hydrogen-bond donors (Lipinski definition) is 1. The highest BCUT2D eigenvalue weighted by Crippen LogP contribution is 2.25. The first kappa shape index (κ1) is 13.8. The molecule has 2 aliphatic heterocycles. The van der Waals surface area contributed by atoms with E-state index in [1.54, 1.807) is 0 Å². The van der Waals surface area contributed by atoms with E-state index in [9.17, 15) is 13.2 Å². The second-order valence-corrected chi connectivity index (χ2v) is 7.20. The fourth-order valence-corrected chi connectivity index (χ4v) is 4.22. The summed E-state index contributed by atoms with van der Waals surface area (Å²) in [7, 11) is -3.45. The lowest BCUT2D eigenvalue weighted by Gasteiger charge is -2.32. The summed E-state index contributed by atoms with van der Waals surface area (Å²) in [5.41, 5.74) is 0. The molecule has 0 amide bonds. The molecule has 1 atom stereocenters. The summed E-state index contributed by atoms with van der Waals surface area (Å²) >= 11 is 0. The zero-order chi connectivity index (χ0) is 13.3. The molecule has 1 unspecified atom stereocenters. The van der Waals surface area contributed by atoms with Gasteiger partial charge >= 0.3 is 5.97 Å². The summed E-state index contributed by atoms with van der Waals surface area (Å²) < 4.78 is 27.5. The molecule has 2 saturated heterocycles. The molecule has 2 aliphatic rings. The third kappa shape index (κ3) is 2.67. The Morgan fingerprint density at radius 1 is 1.11 bits per heavy atom. The van der Waals surface area contributed by atoms with Gasteiger partial charge in [-0.3, -0.25) is 4.79 Å². The second kappa shape index (κ2) is 5.14. The molecular weight excluding hydrogens is 256 g/mol. The molecule has 2 rings (SSSR count). The fraction of sp³-hybridized carbons (Fsp3) is 0.909. The minimum atomic E-state index is -3.45. The lowest BCUT2D eigenvalue weighted by Crippen LogP contribution is -2.46. The molecule has 6 nitrogen and oxygen atoms in total. The highest BCUT2D eigenvalue weighted by molar-refractivity contribution is 7.86. The van der Waals surface area contributed by atoms with E-state index in [2.05, 4.69) is 6.92 Å². The Balaban J connectivity index is 2.01. The molecule has 0 aromatic carbocycles. The maximum Gasteiger partial charge on any atom is 0.307 e. The van der Waals surface area contributed by atoms with Gasteiger partial charge in [0.25, 0.3) is 10.2 Å². The van der Waals surface area contributed by atoms with E-state index in [1.165, 1.54) is 8.61 Å². The fourth-order valence-electron chi connectivity index (χ4n) is 2.52. The molecule has 0 saturated carbocycles. The first-order chi connectivity index (χ1) is 8.41. The molecule has 0 aromatic heterocycles. The molecule has 2 heterocycles. The lowest BCUT2D eigenvalue weighted by molar-refractivity contribution is -0.141. The van der Waals surface area contributed by atoms with Crippen LogP contribution < -0.4 is 0 Å². The van der Waals surface area contributed by atoms with E-state index >= 15 is 0 Å². The van der Waals surface area contributed by atoms with Gasteiger partial charge in [0.05, 0.1) is 5.92 Å². The van der Waals surface area contributed by atoms with Crippen LogP contribution >= 0.6 is 0 Å². The second-order valence-electron chi connectivity index (χ2n) is 5.27. The molecule has 1 N–H and O–H groups in total. The van der Waals surface area contributed by atoms with Crippen molar-refractivity contribution in [2.24, 2.45) is 11.8 Å². The largest absolute Gasteiger partial charge is 0.481 e. The molecule has 18 heavy (non-hydrogen) atoms. The topological polar surface area (TPSA) is 77.9 Å². The highest BCUT2D eigenvalue weighted by Gasteiger charge is 2.38. The first-order valence-corrected chi connectivity index (χ1v) is 7.79. The van der Waals surface area contributed by atoms with E-state index in [4.69, 9.17) is 5.11 Å². The Morgan fingerprint density at radius 3 is 2.17 bits per heavy atom. The minimum absolute atomic E-state index is 0.115. The van der Waals surface area contributed by atoms with Gasteiger partial charge in [-0.25, -0.2) is 0 Å². The molecule has 0 radical (unpaired) electrons. The van der Waals surface area contributed by atoms with Gasteiger partial charge < -0.3 is 5.11 Å². The number of aliphatic carboxylic acids is 1. The Labute approximate surface area is 108 Å². The Morgan fingerprint density at radius 2 is 1.67 bits per heavy atom. The van der Waals surface area contributed by atoms with Crippen LogP contribution in [0.5, 0.6) is 0 Å². The van der Waals surface area contributed by atoms with Crippen molar-refractivity contribution >= 4 is 16.2 Å². The van der Waals surface area contributed by atoms with Crippen molar-refractivity contribution in [3.05, 3.63) is 0 Å². The molecule has 7 heteroatoms. The highest BCUT2D eigenvalue weighted by atomic mass is 32.2. The van der Waals surface area contributed by atoms with Crippen molar-refractivity contribution < 1.29 is 18.3 Å². The SMILES string of the molecule is CC1CCN(S(=O)(=O)N2CCC(C(=O)O)C2)CC1. The summed E-state index contributed by atoms with van der Waals surface area (Å²) in [6, 6.07) is 0. The number of piperidine rings is 1. The zero-order valence-electron chi connectivity index (χ0n) is 10.6. The van der Waals surface area contributed by atoms with E-state index in [0.29, 0.717) is 32.0 Å².